The summed E-state index contributed by atoms with van der Waals surface area (Å²) in [5.74, 6) is 0.761. The highest BCUT2D eigenvalue weighted by Crippen LogP contribution is 2.51. The van der Waals surface area contributed by atoms with Crippen LogP contribution in [0.1, 0.15) is 53.4 Å². The molecule has 1 aliphatic carbocycles. The summed E-state index contributed by atoms with van der Waals surface area (Å²) in [4.78, 5) is 2.43. The molecule has 1 saturated heterocycles. The van der Waals surface area contributed by atoms with Crippen LogP contribution in [0.25, 0.3) is 0 Å². The van der Waals surface area contributed by atoms with Gasteiger partial charge in [0.05, 0.1) is 6.10 Å². The smallest absolute Gasteiger partial charge is 0.0684 e. The van der Waals surface area contributed by atoms with Gasteiger partial charge in [-0.05, 0) is 59.7 Å². The van der Waals surface area contributed by atoms with Crippen LogP contribution in [-0.2, 0) is 4.74 Å². The maximum Gasteiger partial charge on any atom is 0.0684 e. The lowest BCUT2D eigenvalue weighted by atomic mass is 9.55. The predicted octanol–water partition coefficient (Wildman–Crippen LogP) is 2.90. The number of nitrogens with zero attached hydrogens (tertiary/aromatic N) is 1. The Bertz CT molecular complexity index is 303. The molecule has 1 N–H and O–H groups in total. The maximum atomic E-state index is 5.96. The Balaban J connectivity index is 1.64. The molecule has 0 aromatic carbocycles. The summed E-state index contributed by atoms with van der Waals surface area (Å²) in [6.07, 6.45) is 5.67. The Morgan fingerprint density at radius 1 is 1.30 bits per heavy atom. The molecule has 1 aliphatic heterocycles. The number of hydrogen-bond donors (Lipinski definition) is 1. The molecular weight excluding hydrogens is 248 g/mol. The van der Waals surface area contributed by atoms with Crippen LogP contribution in [0.5, 0.6) is 0 Å². The van der Waals surface area contributed by atoms with Crippen molar-refractivity contribution >= 4 is 0 Å². The lowest BCUT2D eigenvalue weighted by Crippen LogP contribution is -2.69. The molecule has 3 nitrogen and oxygen atoms in total. The molecule has 1 heterocycles. The van der Waals surface area contributed by atoms with E-state index in [1.807, 2.05) is 0 Å². The SMILES string of the molecule is CC(C)N(C)CCCCNC1C2CCCOC2C1(C)C. The third-order valence-electron chi connectivity index (χ3n) is 5.51. The molecule has 1 saturated carbocycles. The first kappa shape index (κ1) is 16.3. The zero-order valence-corrected chi connectivity index (χ0v) is 14.1. The topological polar surface area (TPSA) is 24.5 Å². The first-order valence-electron chi connectivity index (χ1n) is 8.50. The van der Waals surface area contributed by atoms with Crippen LogP contribution in [0.2, 0.25) is 0 Å². The fourth-order valence-electron chi connectivity index (χ4n) is 3.94. The van der Waals surface area contributed by atoms with E-state index in [2.05, 4.69) is 45.0 Å². The Morgan fingerprint density at radius 2 is 2.05 bits per heavy atom. The van der Waals surface area contributed by atoms with E-state index >= 15 is 0 Å². The summed E-state index contributed by atoms with van der Waals surface area (Å²) in [7, 11) is 2.22. The van der Waals surface area contributed by atoms with Gasteiger partial charge in [-0.15, -0.1) is 0 Å². The van der Waals surface area contributed by atoms with Crippen molar-refractivity contribution in [1.82, 2.24) is 10.2 Å². The van der Waals surface area contributed by atoms with E-state index in [0.29, 0.717) is 23.6 Å². The van der Waals surface area contributed by atoms with Crippen molar-refractivity contribution in [3.8, 4) is 0 Å². The van der Waals surface area contributed by atoms with E-state index in [1.165, 1.54) is 32.2 Å². The second-order valence-electron chi connectivity index (χ2n) is 7.63. The molecule has 118 valence electrons. The summed E-state index contributed by atoms with van der Waals surface area (Å²) < 4.78 is 5.96. The van der Waals surface area contributed by atoms with Gasteiger partial charge in [0.1, 0.15) is 0 Å². The van der Waals surface area contributed by atoms with E-state index in [-0.39, 0.29) is 0 Å². The number of ether oxygens (including phenoxy) is 1. The molecule has 0 radical (unpaired) electrons. The van der Waals surface area contributed by atoms with Crippen molar-refractivity contribution in [3.05, 3.63) is 0 Å². The van der Waals surface area contributed by atoms with Gasteiger partial charge in [0.25, 0.3) is 0 Å². The van der Waals surface area contributed by atoms with Gasteiger partial charge >= 0.3 is 0 Å². The maximum absolute atomic E-state index is 5.96. The standard InChI is InChI=1S/C17H34N2O/c1-13(2)19(5)11-7-6-10-18-15-14-9-8-12-20-16(14)17(15,3)4/h13-16,18H,6-12H2,1-5H3. The molecule has 20 heavy (non-hydrogen) atoms. The van der Waals surface area contributed by atoms with Crippen LogP contribution < -0.4 is 5.32 Å². The van der Waals surface area contributed by atoms with Crippen LogP contribution in [0.15, 0.2) is 0 Å². The van der Waals surface area contributed by atoms with E-state index in [9.17, 15) is 0 Å². The summed E-state index contributed by atoms with van der Waals surface area (Å²) in [5, 5.41) is 3.81. The molecule has 0 spiro atoms. The van der Waals surface area contributed by atoms with Gasteiger partial charge in [-0.25, -0.2) is 0 Å². The molecule has 3 heteroatoms. The minimum Gasteiger partial charge on any atom is -0.377 e. The molecule has 3 unspecified atom stereocenters. The first-order chi connectivity index (χ1) is 9.44. The van der Waals surface area contributed by atoms with Crippen LogP contribution in [-0.4, -0.2) is 49.8 Å². The zero-order chi connectivity index (χ0) is 14.8. The van der Waals surface area contributed by atoms with Crippen molar-refractivity contribution in [3.63, 3.8) is 0 Å². The van der Waals surface area contributed by atoms with Gasteiger partial charge in [-0.2, -0.15) is 0 Å². The second-order valence-corrected chi connectivity index (χ2v) is 7.63. The van der Waals surface area contributed by atoms with Crippen LogP contribution >= 0.6 is 0 Å². The molecule has 0 bridgehead atoms. The fourth-order valence-corrected chi connectivity index (χ4v) is 3.94. The minimum absolute atomic E-state index is 0.319. The van der Waals surface area contributed by atoms with Gasteiger partial charge in [-0.1, -0.05) is 13.8 Å². The van der Waals surface area contributed by atoms with Gasteiger partial charge in [-0.3, -0.25) is 0 Å². The monoisotopic (exact) mass is 282 g/mol. The van der Waals surface area contributed by atoms with Crippen LogP contribution in [0.4, 0.5) is 0 Å². The van der Waals surface area contributed by atoms with Gasteiger partial charge in [0.15, 0.2) is 0 Å². The van der Waals surface area contributed by atoms with Crippen molar-refractivity contribution in [2.75, 3.05) is 26.7 Å². The number of hydrogen-bond acceptors (Lipinski definition) is 3. The lowest BCUT2D eigenvalue weighted by molar-refractivity contribution is -0.192. The highest BCUT2D eigenvalue weighted by molar-refractivity contribution is 5.10. The number of rotatable bonds is 7. The summed E-state index contributed by atoms with van der Waals surface area (Å²) in [5.41, 5.74) is 0.319. The summed E-state index contributed by atoms with van der Waals surface area (Å²) in [6, 6.07) is 1.32. The van der Waals surface area contributed by atoms with E-state index in [1.54, 1.807) is 0 Å². The van der Waals surface area contributed by atoms with E-state index < -0.39 is 0 Å². The van der Waals surface area contributed by atoms with Crippen LogP contribution in [0.3, 0.4) is 0 Å². The summed E-state index contributed by atoms with van der Waals surface area (Å²) >= 11 is 0. The molecule has 0 aromatic rings. The number of nitrogens with one attached hydrogen (secondary N) is 1. The molecule has 2 rings (SSSR count). The van der Waals surface area contributed by atoms with Crippen LogP contribution in [0, 0.1) is 11.3 Å². The molecular formula is C17H34N2O. The third kappa shape index (κ3) is 3.37. The first-order valence-corrected chi connectivity index (χ1v) is 8.50. The van der Waals surface area contributed by atoms with Crippen molar-refractivity contribution in [1.29, 1.82) is 0 Å². The highest BCUT2D eigenvalue weighted by atomic mass is 16.5. The normalized spacial score (nSPS) is 32.2. The Labute approximate surface area is 125 Å². The molecule has 0 aromatic heterocycles. The van der Waals surface area contributed by atoms with Gasteiger partial charge in [0.2, 0.25) is 0 Å². The number of fused-ring (bicyclic) bond motifs is 1. The minimum atomic E-state index is 0.319. The molecule has 2 fully saturated rings. The average molecular weight is 282 g/mol. The number of unbranched alkanes of at least 4 members (excludes halogenated alkanes) is 1. The zero-order valence-electron chi connectivity index (χ0n) is 14.1. The van der Waals surface area contributed by atoms with Gasteiger partial charge < -0.3 is 15.0 Å². The van der Waals surface area contributed by atoms with E-state index in [0.717, 1.165) is 19.1 Å². The van der Waals surface area contributed by atoms with Crippen molar-refractivity contribution in [2.45, 2.75) is 71.6 Å². The highest BCUT2D eigenvalue weighted by Gasteiger charge is 2.57. The lowest BCUT2D eigenvalue weighted by Gasteiger charge is -2.60. The van der Waals surface area contributed by atoms with Crippen molar-refractivity contribution < 1.29 is 4.74 Å². The average Bonchev–Trinajstić information content (AvgIpc) is 2.42. The van der Waals surface area contributed by atoms with Gasteiger partial charge in [0, 0.05) is 30.0 Å². The summed E-state index contributed by atoms with van der Waals surface area (Å²) in [6.45, 7) is 12.6. The molecule has 2 aliphatic rings. The molecule has 0 amide bonds. The largest absolute Gasteiger partial charge is 0.377 e. The Morgan fingerprint density at radius 3 is 2.75 bits per heavy atom. The Hall–Kier alpha value is -0.120. The quantitative estimate of drug-likeness (QED) is 0.727. The molecule has 3 atom stereocenters. The fraction of sp³-hybridized carbons (Fsp3) is 1.00. The third-order valence-corrected chi connectivity index (χ3v) is 5.51. The Kier molecular flexibility index (Phi) is 5.49. The van der Waals surface area contributed by atoms with E-state index in [4.69, 9.17) is 4.74 Å². The predicted molar refractivity (Wildman–Crippen MR) is 85.0 cm³/mol. The second kappa shape index (κ2) is 6.76. The van der Waals surface area contributed by atoms with Crippen molar-refractivity contribution in [2.24, 2.45) is 11.3 Å².